The number of amides is 1. The maximum Gasteiger partial charge on any atom is 0.227 e. The molecule has 1 N–H and O–H groups in total. The number of nitrogens with zero attached hydrogens (tertiary/aromatic N) is 1. The van der Waals surface area contributed by atoms with Crippen molar-refractivity contribution in [1.29, 1.82) is 0 Å². The summed E-state index contributed by atoms with van der Waals surface area (Å²) in [6.45, 7) is 7.21. The highest BCUT2D eigenvalue weighted by Crippen LogP contribution is 2.41. The van der Waals surface area contributed by atoms with Gasteiger partial charge >= 0.3 is 0 Å². The summed E-state index contributed by atoms with van der Waals surface area (Å²) >= 11 is 0. The van der Waals surface area contributed by atoms with Crippen molar-refractivity contribution >= 4 is 5.91 Å². The number of likely N-dealkylation sites (tertiary alicyclic amines) is 1. The summed E-state index contributed by atoms with van der Waals surface area (Å²) in [6, 6.07) is 8.34. The standard InChI is InChI=1S/C19H27NO3/c1-14(2)16-5-3-15(4-6-16)9-18(22)20-10-17-11-23-8-7-19(17,12-20)13-21/h3-6,14,17,21H,7-13H2,1-2H3/t17-,19-/m1/s1. The third-order valence-corrected chi connectivity index (χ3v) is 5.55. The van der Waals surface area contributed by atoms with Crippen molar-refractivity contribution in [3.05, 3.63) is 35.4 Å². The van der Waals surface area contributed by atoms with Crippen LogP contribution < -0.4 is 0 Å². The molecular formula is C19H27NO3. The SMILES string of the molecule is CC(C)c1ccc(CC(=O)N2C[C@@H]3COCC[C@]3(CO)C2)cc1. The highest BCUT2D eigenvalue weighted by Gasteiger charge is 2.49. The molecule has 4 heteroatoms. The van der Waals surface area contributed by atoms with Crippen molar-refractivity contribution in [2.75, 3.05) is 32.9 Å². The predicted octanol–water partition coefficient (Wildman–Crippen LogP) is 2.21. The van der Waals surface area contributed by atoms with E-state index >= 15 is 0 Å². The van der Waals surface area contributed by atoms with Crippen LogP contribution in [0.3, 0.4) is 0 Å². The number of carbonyl (C=O) groups excluding carboxylic acids is 1. The van der Waals surface area contributed by atoms with Crippen LogP contribution in [0.4, 0.5) is 0 Å². The number of aliphatic hydroxyl groups excluding tert-OH is 1. The van der Waals surface area contributed by atoms with Gasteiger partial charge in [0.05, 0.1) is 19.6 Å². The van der Waals surface area contributed by atoms with E-state index < -0.39 is 0 Å². The molecule has 3 rings (SSSR count). The van der Waals surface area contributed by atoms with Crippen molar-refractivity contribution in [3.63, 3.8) is 0 Å². The lowest BCUT2D eigenvalue weighted by atomic mass is 9.75. The largest absolute Gasteiger partial charge is 0.396 e. The Morgan fingerprint density at radius 3 is 2.74 bits per heavy atom. The minimum atomic E-state index is -0.143. The van der Waals surface area contributed by atoms with Crippen molar-refractivity contribution in [2.24, 2.45) is 11.3 Å². The van der Waals surface area contributed by atoms with Gasteiger partial charge in [-0.1, -0.05) is 38.1 Å². The Labute approximate surface area is 138 Å². The Hall–Kier alpha value is -1.39. The number of benzene rings is 1. The van der Waals surface area contributed by atoms with E-state index in [-0.39, 0.29) is 23.8 Å². The van der Waals surface area contributed by atoms with Crippen LogP contribution in [0.2, 0.25) is 0 Å². The quantitative estimate of drug-likeness (QED) is 0.926. The monoisotopic (exact) mass is 317 g/mol. The summed E-state index contributed by atoms with van der Waals surface area (Å²) < 4.78 is 5.54. The van der Waals surface area contributed by atoms with Crippen molar-refractivity contribution < 1.29 is 14.6 Å². The van der Waals surface area contributed by atoms with E-state index in [9.17, 15) is 9.90 Å². The molecule has 1 aromatic carbocycles. The van der Waals surface area contributed by atoms with Crippen molar-refractivity contribution in [3.8, 4) is 0 Å². The molecule has 0 spiro atoms. The van der Waals surface area contributed by atoms with Gasteiger partial charge in [0.2, 0.25) is 5.91 Å². The van der Waals surface area contributed by atoms with E-state index in [0.717, 1.165) is 12.0 Å². The smallest absolute Gasteiger partial charge is 0.227 e. The fourth-order valence-electron chi connectivity index (χ4n) is 3.80. The minimum absolute atomic E-state index is 0.143. The molecule has 2 aliphatic rings. The Morgan fingerprint density at radius 2 is 2.13 bits per heavy atom. The average molecular weight is 317 g/mol. The number of hydrogen-bond donors (Lipinski definition) is 1. The number of aliphatic hydroxyl groups is 1. The Kier molecular flexibility index (Phi) is 4.74. The van der Waals surface area contributed by atoms with Crippen LogP contribution >= 0.6 is 0 Å². The molecule has 126 valence electrons. The van der Waals surface area contributed by atoms with Crippen LogP contribution in [-0.2, 0) is 16.0 Å². The van der Waals surface area contributed by atoms with Crippen LogP contribution in [0.5, 0.6) is 0 Å². The Morgan fingerprint density at radius 1 is 1.39 bits per heavy atom. The lowest BCUT2D eigenvalue weighted by molar-refractivity contribution is -0.130. The average Bonchev–Trinajstić information content (AvgIpc) is 2.95. The van der Waals surface area contributed by atoms with Gasteiger partial charge in [0.25, 0.3) is 0 Å². The first-order valence-electron chi connectivity index (χ1n) is 8.59. The molecule has 0 bridgehead atoms. The van der Waals surface area contributed by atoms with Gasteiger partial charge in [-0.25, -0.2) is 0 Å². The summed E-state index contributed by atoms with van der Waals surface area (Å²) in [7, 11) is 0. The first-order valence-corrected chi connectivity index (χ1v) is 8.59. The highest BCUT2D eigenvalue weighted by molar-refractivity contribution is 5.79. The summed E-state index contributed by atoms with van der Waals surface area (Å²) in [5.74, 6) is 0.934. The molecule has 2 saturated heterocycles. The molecule has 0 aromatic heterocycles. The minimum Gasteiger partial charge on any atom is -0.396 e. The Balaban J connectivity index is 1.65. The summed E-state index contributed by atoms with van der Waals surface area (Å²) in [6.07, 6.45) is 1.29. The molecule has 1 amide bonds. The molecule has 2 fully saturated rings. The molecule has 2 heterocycles. The van der Waals surface area contributed by atoms with Crippen LogP contribution in [-0.4, -0.2) is 48.8 Å². The fraction of sp³-hybridized carbons (Fsp3) is 0.632. The van der Waals surface area contributed by atoms with Gasteiger partial charge < -0.3 is 14.7 Å². The number of rotatable bonds is 4. The lowest BCUT2D eigenvalue weighted by Gasteiger charge is -2.36. The molecule has 2 atom stereocenters. The highest BCUT2D eigenvalue weighted by atomic mass is 16.5. The van der Waals surface area contributed by atoms with Crippen molar-refractivity contribution in [1.82, 2.24) is 4.90 Å². The lowest BCUT2D eigenvalue weighted by Crippen LogP contribution is -2.41. The van der Waals surface area contributed by atoms with E-state index in [0.29, 0.717) is 38.6 Å². The second kappa shape index (κ2) is 6.62. The van der Waals surface area contributed by atoms with Gasteiger partial charge in [0.1, 0.15) is 0 Å². The van der Waals surface area contributed by atoms with E-state index in [4.69, 9.17) is 4.74 Å². The second-order valence-corrected chi connectivity index (χ2v) is 7.39. The molecule has 0 saturated carbocycles. The van der Waals surface area contributed by atoms with Crippen LogP contribution in [0, 0.1) is 11.3 Å². The van der Waals surface area contributed by atoms with Crippen LogP contribution in [0.15, 0.2) is 24.3 Å². The summed E-state index contributed by atoms with van der Waals surface area (Å²) in [5.41, 5.74) is 2.21. The van der Waals surface area contributed by atoms with Gasteiger partial charge in [0.15, 0.2) is 0 Å². The number of hydrogen-bond acceptors (Lipinski definition) is 3. The zero-order valence-electron chi connectivity index (χ0n) is 14.1. The second-order valence-electron chi connectivity index (χ2n) is 7.39. The van der Waals surface area contributed by atoms with Crippen LogP contribution in [0.25, 0.3) is 0 Å². The third kappa shape index (κ3) is 3.29. The number of ether oxygens (including phenoxy) is 1. The van der Waals surface area contributed by atoms with E-state index in [2.05, 4.69) is 38.1 Å². The number of fused-ring (bicyclic) bond motifs is 1. The van der Waals surface area contributed by atoms with E-state index in [1.54, 1.807) is 0 Å². The van der Waals surface area contributed by atoms with Gasteiger partial charge in [-0.05, 0) is 23.5 Å². The molecule has 4 nitrogen and oxygen atoms in total. The molecule has 0 unspecified atom stereocenters. The summed E-state index contributed by atoms with van der Waals surface area (Å²) in [4.78, 5) is 14.6. The van der Waals surface area contributed by atoms with Gasteiger partial charge in [-0.2, -0.15) is 0 Å². The van der Waals surface area contributed by atoms with Crippen molar-refractivity contribution in [2.45, 2.75) is 32.6 Å². The molecule has 23 heavy (non-hydrogen) atoms. The van der Waals surface area contributed by atoms with Crippen LogP contribution in [0.1, 0.15) is 37.3 Å². The maximum absolute atomic E-state index is 12.6. The molecule has 1 aromatic rings. The fourth-order valence-corrected chi connectivity index (χ4v) is 3.80. The van der Waals surface area contributed by atoms with E-state index in [1.807, 2.05) is 4.90 Å². The maximum atomic E-state index is 12.6. The van der Waals surface area contributed by atoms with Gasteiger partial charge in [0, 0.05) is 31.0 Å². The first kappa shape index (κ1) is 16.5. The topological polar surface area (TPSA) is 49.8 Å². The zero-order valence-corrected chi connectivity index (χ0v) is 14.1. The Bertz CT molecular complexity index is 554. The molecule has 0 aliphatic carbocycles. The molecule has 0 radical (unpaired) electrons. The molecule has 2 aliphatic heterocycles. The molecular weight excluding hydrogens is 290 g/mol. The van der Waals surface area contributed by atoms with Gasteiger partial charge in [-0.15, -0.1) is 0 Å². The third-order valence-electron chi connectivity index (χ3n) is 5.55. The first-order chi connectivity index (χ1) is 11.0. The van der Waals surface area contributed by atoms with E-state index in [1.165, 1.54) is 5.56 Å². The summed E-state index contributed by atoms with van der Waals surface area (Å²) in [5, 5.41) is 9.83. The predicted molar refractivity (Wildman–Crippen MR) is 89.3 cm³/mol. The number of carbonyl (C=O) groups is 1. The zero-order chi connectivity index (χ0) is 16.4. The van der Waals surface area contributed by atoms with Gasteiger partial charge in [-0.3, -0.25) is 4.79 Å². The normalized spacial score (nSPS) is 27.3.